The summed E-state index contributed by atoms with van der Waals surface area (Å²) in [5.41, 5.74) is 22.1. The number of carbonyl (C=O) groups excluding carboxylic acids is 1. The van der Waals surface area contributed by atoms with Crippen LogP contribution in [-0.4, -0.2) is 5.78 Å². The second kappa shape index (κ2) is 15.8. The Hall–Kier alpha value is -8.93. The van der Waals surface area contributed by atoms with Gasteiger partial charge in [0.05, 0.1) is 28.1 Å². The maximum atomic E-state index is 16.3. The molecule has 3 aliphatic carbocycles. The molecule has 0 saturated carbocycles. The maximum Gasteiger partial charge on any atom is 0.194 e. The number of rotatable bonds is 8. The number of anilines is 6. The Morgan fingerprint density at radius 3 is 1.55 bits per heavy atom. The molecular formula is C70H52N2O3. The molecule has 5 nitrogen and oxygen atoms in total. The van der Waals surface area contributed by atoms with Crippen LogP contribution in [0.4, 0.5) is 34.1 Å². The van der Waals surface area contributed by atoms with Crippen LogP contribution in [0.2, 0.25) is 0 Å². The van der Waals surface area contributed by atoms with E-state index in [-0.39, 0.29) is 16.6 Å². The molecule has 5 heteroatoms. The molecule has 0 unspecified atom stereocenters. The minimum absolute atomic E-state index is 0.0539. The second-order valence-corrected chi connectivity index (χ2v) is 21.7. The van der Waals surface area contributed by atoms with Gasteiger partial charge in [0.1, 0.15) is 16.7 Å². The molecular weight excluding hydrogens is 917 g/mol. The molecule has 0 fully saturated rings. The van der Waals surface area contributed by atoms with Crippen LogP contribution in [0.1, 0.15) is 84.8 Å². The standard InChI is InChI=1S/C70H52N2O3/c1-6-21-41-36-37-49-59(38-41)75-67-57(72(43-24-11-8-12-25-43)55-34-20-30-47-45-27-14-17-32-53(45)70(4,5)65(47)55)40-50-61(62(49)67)63-51(66(50)73)39-56(60-48-28-15-18-35-58(48)74-68(60)63)71(42-22-9-7-10-23-42)54-33-19-29-46-44-26-13-16-31-52(44)69(2,3)64(46)54/h7-20,22-40H,6,21H2,1-5H3. The van der Waals surface area contributed by atoms with Gasteiger partial charge in [-0.05, 0) is 117 Å². The molecule has 3 aliphatic rings. The molecule has 0 radical (unpaired) electrons. The second-order valence-electron chi connectivity index (χ2n) is 21.7. The van der Waals surface area contributed by atoms with E-state index in [4.69, 9.17) is 8.83 Å². The number of aryl methyl sites for hydroxylation is 1. The molecule has 75 heavy (non-hydrogen) atoms. The number of carbonyl (C=O) groups is 1. The van der Waals surface area contributed by atoms with Gasteiger partial charge in [0.2, 0.25) is 0 Å². The van der Waals surface area contributed by atoms with Crippen LogP contribution in [0.3, 0.4) is 0 Å². The van der Waals surface area contributed by atoms with Crippen molar-refractivity contribution in [3.05, 3.63) is 239 Å². The Kier molecular flexibility index (Phi) is 9.19. The van der Waals surface area contributed by atoms with Gasteiger partial charge < -0.3 is 18.6 Å². The largest absolute Gasteiger partial charge is 0.455 e. The van der Waals surface area contributed by atoms with Crippen molar-refractivity contribution in [2.75, 3.05) is 9.80 Å². The van der Waals surface area contributed by atoms with Crippen LogP contribution in [0.25, 0.3) is 77.3 Å². The number of ketones is 1. The highest BCUT2D eigenvalue weighted by atomic mass is 16.3. The van der Waals surface area contributed by atoms with Crippen LogP contribution in [0.5, 0.6) is 0 Å². The Balaban J connectivity index is 1.05. The average molecular weight is 969 g/mol. The lowest BCUT2D eigenvalue weighted by Gasteiger charge is -2.32. The Morgan fingerprint density at radius 2 is 0.920 bits per heavy atom. The van der Waals surface area contributed by atoms with Gasteiger partial charge in [-0.1, -0.05) is 181 Å². The first-order valence-electron chi connectivity index (χ1n) is 26.4. The average Bonchev–Trinajstić information content (AvgIpc) is 4.30. The van der Waals surface area contributed by atoms with E-state index in [1.807, 2.05) is 12.1 Å². The number of fused-ring (bicyclic) bond motifs is 17. The molecule has 10 aromatic carbocycles. The number of para-hydroxylation sites is 3. The van der Waals surface area contributed by atoms with E-state index in [1.165, 1.54) is 50.1 Å². The predicted octanol–water partition coefficient (Wildman–Crippen LogP) is 19.2. The first-order valence-corrected chi connectivity index (χ1v) is 26.4. The van der Waals surface area contributed by atoms with E-state index in [9.17, 15) is 0 Å². The van der Waals surface area contributed by atoms with E-state index < -0.39 is 0 Å². The molecule has 0 amide bonds. The smallest absolute Gasteiger partial charge is 0.194 e. The topological polar surface area (TPSA) is 49.8 Å². The molecule has 360 valence electrons. The fourth-order valence-corrected chi connectivity index (χ4v) is 13.6. The Bertz CT molecular complexity index is 4400. The fourth-order valence-electron chi connectivity index (χ4n) is 13.6. The molecule has 0 atom stereocenters. The van der Waals surface area contributed by atoms with Crippen LogP contribution in [0.15, 0.2) is 209 Å². The lowest BCUT2D eigenvalue weighted by molar-refractivity contribution is 0.104. The van der Waals surface area contributed by atoms with E-state index in [0.29, 0.717) is 22.3 Å². The molecule has 12 aromatic rings. The summed E-state index contributed by atoms with van der Waals surface area (Å²) >= 11 is 0. The molecule has 0 bridgehead atoms. The van der Waals surface area contributed by atoms with Gasteiger partial charge in [-0.15, -0.1) is 0 Å². The maximum absolute atomic E-state index is 16.3. The van der Waals surface area contributed by atoms with Crippen LogP contribution in [-0.2, 0) is 17.3 Å². The minimum Gasteiger partial charge on any atom is -0.455 e. The third-order valence-corrected chi connectivity index (χ3v) is 16.8. The summed E-state index contributed by atoms with van der Waals surface area (Å²) in [5, 5.41) is 3.79. The van der Waals surface area contributed by atoms with Crippen molar-refractivity contribution >= 4 is 83.8 Å². The quantitative estimate of drug-likeness (QED) is 0.152. The highest BCUT2D eigenvalue weighted by Crippen LogP contribution is 2.60. The van der Waals surface area contributed by atoms with Crippen LogP contribution < -0.4 is 9.80 Å². The summed E-state index contributed by atoms with van der Waals surface area (Å²) in [6.45, 7) is 11.5. The number of hydrogen-bond donors (Lipinski definition) is 0. The molecule has 2 heterocycles. The van der Waals surface area contributed by atoms with E-state index >= 15 is 4.79 Å². The highest BCUT2D eigenvalue weighted by Gasteiger charge is 2.43. The van der Waals surface area contributed by atoms with Gasteiger partial charge in [0, 0.05) is 60.6 Å². The van der Waals surface area contributed by atoms with Gasteiger partial charge in [-0.25, -0.2) is 0 Å². The summed E-state index contributed by atoms with van der Waals surface area (Å²) in [4.78, 5) is 21.0. The molecule has 0 spiro atoms. The fraction of sp³-hybridized carbons (Fsp3) is 0.129. The van der Waals surface area contributed by atoms with Gasteiger partial charge in [0.25, 0.3) is 0 Å². The predicted molar refractivity (Wildman–Crippen MR) is 308 cm³/mol. The van der Waals surface area contributed by atoms with E-state index in [2.05, 4.69) is 232 Å². The normalized spacial score (nSPS) is 14.3. The summed E-state index contributed by atoms with van der Waals surface area (Å²) in [7, 11) is 0. The van der Waals surface area contributed by atoms with Crippen molar-refractivity contribution in [1.29, 1.82) is 0 Å². The lowest BCUT2D eigenvalue weighted by Crippen LogP contribution is -2.21. The number of furan rings is 2. The van der Waals surface area contributed by atoms with Crippen molar-refractivity contribution in [3.63, 3.8) is 0 Å². The number of nitrogens with zero attached hydrogens (tertiary/aromatic N) is 2. The molecule has 0 saturated heterocycles. The van der Waals surface area contributed by atoms with Crippen molar-refractivity contribution in [2.45, 2.75) is 58.3 Å². The summed E-state index contributed by atoms with van der Waals surface area (Å²) in [6.07, 6.45) is 1.94. The Labute approximate surface area is 435 Å². The number of hydrogen-bond acceptors (Lipinski definition) is 5. The van der Waals surface area contributed by atoms with Gasteiger partial charge in [0.15, 0.2) is 11.4 Å². The minimum atomic E-state index is -0.328. The molecule has 15 rings (SSSR count). The monoisotopic (exact) mass is 968 g/mol. The van der Waals surface area contributed by atoms with E-state index in [0.717, 1.165) is 90.8 Å². The van der Waals surface area contributed by atoms with Crippen molar-refractivity contribution in [1.82, 2.24) is 0 Å². The van der Waals surface area contributed by atoms with Crippen molar-refractivity contribution < 1.29 is 13.6 Å². The first kappa shape index (κ1) is 43.6. The summed E-state index contributed by atoms with van der Waals surface area (Å²) < 4.78 is 14.6. The third kappa shape index (κ3) is 5.98. The zero-order chi connectivity index (χ0) is 50.5. The van der Waals surface area contributed by atoms with Gasteiger partial charge in [-0.2, -0.15) is 0 Å². The van der Waals surface area contributed by atoms with E-state index in [1.54, 1.807) is 0 Å². The number of benzene rings is 10. The zero-order valence-electron chi connectivity index (χ0n) is 42.6. The molecule has 2 aromatic heterocycles. The summed E-state index contributed by atoms with van der Waals surface area (Å²) in [5.74, 6) is -0.0539. The molecule has 0 N–H and O–H groups in total. The Morgan fingerprint density at radius 1 is 0.413 bits per heavy atom. The van der Waals surface area contributed by atoms with Crippen LogP contribution >= 0.6 is 0 Å². The summed E-state index contributed by atoms with van der Waals surface area (Å²) in [6, 6.07) is 71.3. The highest BCUT2D eigenvalue weighted by molar-refractivity contribution is 6.35. The van der Waals surface area contributed by atoms with Crippen molar-refractivity contribution in [3.8, 4) is 33.4 Å². The molecule has 0 aliphatic heterocycles. The third-order valence-electron chi connectivity index (χ3n) is 16.8. The van der Waals surface area contributed by atoms with Crippen LogP contribution in [0, 0.1) is 0 Å². The van der Waals surface area contributed by atoms with Crippen molar-refractivity contribution in [2.24, 2.45) is 0 Å². The first-order chi connectivity index (χ1) is 36.6. The lowest BCUT2D eigenvalue weighted by atomic mass is 9.81. The SMILES string of the molecule is CCCc1ccc2c(c1)oc1c(N(c3ccccc3)c3cccc4c3C(C)(C)c3ccccc3-4)cc3c(c12)-c1c(cc(N(c2ccccc2)c2cccc4c2C(C)(C)c2ccccc2-4)c2c1oc1ccccc12)C3=O. The van der Waals surface area contributed by atoms with Gasteiger partial charge >= 0.3 is 0 Å². The van der Waals surface area contributed by atoms with Gasteiger partial charge in [-0.3, -0.25) is 4.79 Å². The zero-order valence-corrected chi connectivity index (χ0v) is 42.6.